The molecular formula is C11H11BrFN3O. The van der Waals surface area contributed by atoms with E-state index in [1.165, 1.54) is 12.1 Å². The van der Waals surface area contributed by atoms with Gasteiger partial charge in [-0.15, -0.1) is 0 Å². The average Bonchev–Trinajstić information content (AvgIpc) is 2.91. The molecule has 2 heterocycles. The Morgan fingerprint density at radius 3 is 3.06 bits per heavy atom. The molecule has 1 aromatic rings. The first-order valence-corrected chi connectivity index (χ1v) is 6.32. The van der Waals surface area contributed by atoms with Crippen LogP contribution in [-0.2, 0) is 4.79 Å². The zero-order chi connectivity index (χ0) is 12.0. The number of hydrogen-bond donors (Lipinski definition) is 2. The lowest BCUT2D eigenvalue weighted by atomic mass is 10.2. The predicted molar refractivity (Wildman–Crippen MR) is 64.0 cm³/mol. The second kappa shape index (κ2) is 4.03. The van der Waals surface area contributed by atoms with Crippen molar-refractivity contribution in [3.8, 4) is 0 Å². The van der Waals surface area contributed by atoms with Crippen molar-refractivity contribution >= 4 is 27.7 Å². The normalized spacial score (nSPS) is 29.9. The maximum absolute atomic E-state index is 13.4. The zero-order valence-electron chi connectivity index (χ0n) is 8.91. The van der Waals surface area contributed by atoms with Crippen LogP contribution >= 0.6 is 15.9 Å². The van der Waals surface area contributed by atoms with Crippen molar-refractivity contribution in [1.82, 2.24) is 10.3 Å². The van der Waals surface area contributed by atoms with Crippen LogP contribution in [0.25, 0.3) is 0 Å². The second-order valence-corrected chi connectivity index (χ2v) is 5.32. The third kappa shape index (κ3) is 2.19. The third-order valence-electron chi connectivity index (χ3n) is 3.25. The van der Waals surface area contributed by atoms with Gasteiger partial charge in [-0.05, 0) is 46.8 Å². The highest BCUT2D eigenvalue weighted by Crippen LogP contribution is 2.40. The Bertz CT molecular complexity index is 472. The fraction of sp³-hybridized carbons (Fsp3) is 0.455. The number of carbonyl (C=O) groups is 1. The first-order chi connectivity index (χ1) is 8.13. The average molecular weight is 300 g/mol. The molecule has 1 aromatic heterocycles. The number of aromatic nitrogens is 1. The quantitative estimate of drug-likeness (QED) is 0.817. The van der Waals surface area contributed by atoms with Gasteiger partial charge in [0.05, 0.1) is 6.04 Å². The van der Waals surface area contributed by atoms with Crippen molar-refractivity contribution in [2.24, 2.45) is 5.92 Å². The first-order valence-electron chi connectivity index (χ1n) is 5.52. The summed E-state index contributed by atoms with van der Waals surface area (Å²) in [5.74, 6) is -0.121. The molecule has 1 amide bonds. The molecule has 3 rings (SSSR count). The van der Waals surface area contributed by atoms with Crippen molar-refractivity contribution < 1.29 is 9.18 Å². The van der Waals surface area contributed by atoms with Crippen molar-refractivity contribution in [2.45, 2.75) is 24.9 Å². The van der Waals surface area contributed by atoms with Crippen LogP contribution in [-0.4, -0.2) is 23.0 Å². The molecular weight excluding hydrogens is 289 g/mol. The zero-order valence-corrected chi connectivity index (χ0v) is 10.5. The number of amides is 1. The number of nitrogens with zero attached hydrogens (tertiary/aromatic N) is 1. The minimum atomic E-state index is -0.523. The maximum atomic E-state index is 13.4. The van der Waals surface area contributed by atoms with Crippen molar-refractivity contribution in [2.75, 3.05) is 5.32 Å². The number of hydrogen-bond acceptors (Lipinski definition) is 3. The number of nitrogens with one attached hydrogen (secondary N) is 2. The van der Waals surface area contributed by atoms with Crippen LogP contribution in [0.15, 0.2) is 16.7 Å². The number of pyridine rings is 1. The third-order valence-corrected chi connectivity index (χ3v) is 3.69. The smallest absolute Gasteiger partial charge is 0.242 e. The van der Waals surface area contributed by atoms with E-state index in [0.717, 1.165) is 12.8 Å². The van der Waals surface area contributed by atoms with E-state index in [-0.39, 0.29) is 17.8 Å². The molecule has 0 radical (unpaired) electrons. The van der Waals surface area contributed by atoms with Crippen LogP contribution < -0.4 is 10.6 Å². The Balaban J connectivity index is 1.69. The van der Waals surface area contributed by atoms with Gasteiger partial charge in [0.25, 0.3) is 0 Å². The lowest BCUT2D eigenvalue weighted by Gasteiger charge is -2.13. The van der Waals surface area contributed by atoms with Gasteiger partial charge >= 0.3 is 0 Å². The Morgan fingerprint density at radius 2 is 2.35 bits per heavy atom. The fourth-order valence-electron chi connectivity index (χ4n) is 2.23. The van der Waals surface area contributed by atoms with Crippen molar-refractivity contribution in [3.05, 3.63) is 22.6 Å². The monoisotopic (exact) mass is 299 g/mol. The SMILES string of the molecule is O=C(Nc1nc(Br)ccc1F)C1CC2CC2N1. The molecule has 2 aliphatic rings. The van der Waals surface area contributed by atoms with Crippen LogP contribution in [0, 0.1) is 11.7 Å². The van der Waals surface area contributed by atoms with Crippen molar-refractivity contribution in [3.63, 3.8) is 0 Å². The lowest BCUT2D eigenvalue weighted by molar-refractivity contribution is -0.118. The number of fused-ring (bicyclic) bond motifs is 1. The van der Waals surface area contributed by atoms with Gasteiger partial charge in [-0.2, -0.15) is 0 Å². The predicted octanol–water partition coefficient (Wildman–Crippen LogP) is 1.67. The highest BCUT2D eigenvalue weighted by atomic mass is 79.9. The minimum absolute atomic E-state index is 0.0215. The van der Waals surface area contributed by atoms with Crippen LogP contribution in [0.4, 0.5) is 10.2 Å². The minimum Gasteiger partial charge on any atom is -0.307 e. The summed E-state index contributed by atoms with van der Waals surface area (Å²) in [6.07, 6.45) is 2.00. The topological polar surface area (TPSA) is 54.0 Å². The largest absolute Gasteiger partial charge is 0.307 e. The van der Waals surface area contributed by atoms with Crippen LogP contribution in [0.5, 0.6) is 0 Å². The maximum Gasteiger partial charge on any atom is 0.242 e. The van der Waals surface area contributed by atoms with E-state index in [0.29, 0.717) is 16.6 Å². The van der Waals surface area contributed by atoms with Crippen LogP contribution in [0.1, 0.15) is 12.8 Å². The standard InChI is InChI=1S/C11H11BrFN3O/c12-9-2-1-6(13)10(15-9)16-11(17)8-4-5-3-7(5)14-8/h1-2,5,7-8,14H,3-4H2,(H,15,16,17). The Hall–Kier alpha value is -1.01. The molecule has 17 heavy (non-hydrogen) atoms. The highest BCUT2D eigenvalue weighted by molar-refractivity contribution is 9.10. The number of rotatable bonds is 2. The summed E-state index contributed by atoms with van der Waals surface area (Å²) in [6, 6.07) is 3.05. The van der Waals surface area contributed by atoms with Crippen LogP contribution in [0.2, 0.25) is 0 Å². The van der Waals surface area contributed by atoms with Gasteiger partial charge in [0, 0.05) is 6.04 Å². The molecule has 6 heteroatoms. The summed E-state index contributed by atoms with van der Waals surface area (Å²) in [4.78, 5) is 15.7. The fourth-order valence-corrected chi connectivity index (χ4v) is 2.54. The van der Waals surface area contributed by atoms with E-state index in [2.05, 4.69) is 31.5 Å². The Morgan fingerprint density at radius 1 is 1.53 bits per heavy atom. The van der Waals surface area contributed by atoms with E-state index in [1.807, 2.05) is 0 Å². The molecule has 3 atom stereocenters. The molecule has 2 fully saturated rings. The van der Waals surface area contributed by atoms with Crippen LogP contribution in [0.3, 0.4) is 0 Å². The number of piperidine rings is 1. The van der Waals surface area contributed by atoms with E-state index < -0.39 is 5.82 Å². The molecule has 3 unspecified atom stereocenters. The summed E-state index contributed by atoms with van der Waals surface area (Å²) in [7, 11) is 0. The summed E-state index contributed by atoms with van der Waals surface area (Å²) >= 11 is 3.14. The second-order valence-electron chi connectivity index (χ2n) is 4.51. The first kappa shape index (κ1) is 11.1. The van der Waals surface area contributed by atoms with E-state index in [9.17, 15) is 9.18 Å². The Labute approximate surface area is 106 Å². The van der Waals surface area contributed by atoms with Gasteiger partial charge in [0.15, 0.2) is 11.6 Å². The summed E-state index contributed by atoms with van der Waals surface area (Å²) in [6.45, 7) is 0. The molecule has 2 N–H and O–H groups in total. The molecule has 1 aliphatic heterocycles. The van der Waals surface area contributed by atoms with Gasteiger partial charge in [-0.25, -0.2) is 9.37 Å². The highest BCUT2D eigenvalue weighted by Gasteiger charge is 2.47. The Kier molecular flexibility index (Phi) is 2.63. The molecule has 0 aromatic carbocycles. The molecule has 4 nitrogen and oxygen atoms in total. The van der Waals surface area contributed by atoms with E-state index in [4.69, 9.17) is 0 Å². The molecule has 0 spiro atoms. The number of anilines is 1. The van der Waals surface area contributed by atoms with Gasteiger partial charge in [0.1, 0.15) is 4.60 Å². The van der Waals surface area contributed by atoms with Gasteiger partial charge in [0.2, 0.25) is 5.91 Å². The lowest BCUT2D eigenvalue weighted by Crippen LogP contribution is -2.38. The molecule has 1 aliphatic carbocycles. The summed E-state index contributed by atoms with van der Waals surface area (Å²) in [5, 5.41) is 5.72. The molecule has 1 saturated carbocycles. The molecule has 1 saturated heterocycles. The van der Waals surface area contributed by atoms with E-state index in [1.54, 1.807) is 0 Å². The van der Waals surface area contributed by atoms with Crippen molar-refractivity contribution in [1.29, 1.82) is 0 Å². The van der Waals surface area contributed by atoms with Gasteiger partial charge in [-0.3, -0.25) is 4.79 Å². The number of halogens is 2. The molecule has 90 valence electrons. The van der Waals surface area contributed by atoms with Gasteiger partial charge < -0.3 is 10.6 Å². The number of carbonyl (C=O) groups excluding carboxylic acids is 1. The van der Waals surface area contributed by atoms with E-state index >= 15 is 0 Å². The molecule has 0 bridgehead atoms. The summed E-state index contributed by atoms with van der Waals surface area (Å²) < 4.78 is 13.9. The summed E-state index contributed by atoms with van der Waals surface area (Å²) in [5.41, 5.74) is 0. The van der Waals surface area contributed by atoms with Gasteiger partial charge in [-0.1, -0.05) is 0 Å².